The van der Waals surface area contributed by atoms with Crippen LogP contribution in [0.2, 0.25) is 0 Å². The maximum absolute atomic E-state index is 5.65. The molecule has 94 valence electrons. The van der Waals surface area contributed by atoms with E-state index in [1.807, 2.05) is 0 Å². The van der Waals surface area contributed by atoms with Crippen LogP contribution < -0.4 is 0 Å². The van der Waals surface area contributed by atoms with E-state index in [4.69, 9.17) is 4.74 Å². The van der Waals surface area contributed by atoms with Gasteiger partial charge in [-0.25, -0.2) is 0 Å². The Morgan fingerprint density at radius 2 is 1.94 bits per heavy atom. The quantitative estimate of drug-likeness (QED) is 0.539. The molecule has 4 heteroatoms. The molecule has 0 aromatic carbocycles. The predicted molar refractivity (Wildman–Crippen MR) is 67.9 cm³/mol. The average Bonchev–Trinajstić information content (AvgIpc) is 2.27. The van der Waals surface area contributed by atoms with Gasteiger partial charge < -0.3 is 14.5 Å². The van der Waals surface area contributed by atoms with Crippen LogP contribution in [0.4, 0.5) is 0 Å². The molecule has 4 nitrogen and oxygen atoms in total. The van der Waals surface area contributed by atoms with Crippen molar-refractivity contribution in [3.8, 4) is 0 Å². The van der Waals surface area contributed by atoms with E-state index in [0.29, 0.717) is 6.10 Å². The van der Waals surface area contributed by atoms with Crippen LogP contribution in [-0.2, 0) is 4.74 Å². The summed E-state index contributed by atoms with van der Waals surface area (Å²) in [6.07, 6.45) is 2.68. The fourth-order valence-corrected chi connectivity index (χ4v) is 2.12. The predicted octanol–water partition coefficient (Wildman–Crippen LogP) is 1.42. The first kappa shape index (κ1) is 13.3. The topological polar surface area (TPSA) is 28.1 Å². The van der Waals surface area contributed by atoms with E-state index in [0.717, 1.165) is 45.0 Å². The second-order valence-electron chi connectivity index (χ2n) is 4.31. The lowest BCUT2D eigenvalue weighted by molar-refractivity contribution is 0.0253. The fourth-order valence-electron chi connectivity index (χ4n) is 2.12. The summed E-state index contributed by atoms with van der Waals surface area (Å²) in [6.45, 7) is 7.93. The van der Waals surface area contributed by atoms with Crippen LogP contribution in [-0.4, -0.2) is 62.2 Å². The Kier molecular flexibility index (Phi) is 5.60. The van der Waals surface area contributed by atoms with Crippen LogP contribution in [0, 0.1) is 0 Å². The molecule has 0 unspecified atom stereocenters. The summed E-state index contributed by atoms with van der Waals surface area (Å²) in [5, 5.41) is 0. The summed E-state index contributed by atoms with van der Waals surface area (Å²) in [7, 11) is 4.12. The van der Waals surface area contributed by atoms with Gasteiger partial charge >= 0.3 is 0 Å². The van der Waals surface area contributed by atoms with Gasteiger partial charge in [0.25, 0.3) is 0 Å². The van der Waals surface area contributed by atoms with E-state index in [-0.39, 0.29) is 0 Å². The van der Waals surface area contributed by atoms with E-state index < -0.39 is 0 Å². The summed E-state index contributed by atoms with van der Waals surface area (Å²) in [5.74, 6) is 1.11. The number of nitrogens with zero attached hydrogens (tertiary/aromatic N) is 3. The number of likely N-dealkylation sites (tertiary alicyclic amines) is 1. The van der Waals surface area contributed by atoms with Gasteiger partial charge in [-0.1, -0.05) is 0 Å². The Morgan fingerprint density at radius 1 is 1.31 bits per heavy atom. The molecule has 0 spiro atoms. The molecule has 1 heterocycles. The zero-order chi connectivity index (χ0) is 12.0. The van der Waals surface area contributed by atoms with Gasteiger partial charge in [-0.2, -0.15) is 0 Å². The lowest BCUT2D eigenvalue weighted by atomic mass is 10.1. The molecule has 0 aromatic rings. The third-order valence-electron chi connectivity index (χ3n) is 2.83. The third kappa shape index (κ3) is 3.67. The first-order valence-electron chi connectivity index (χ1n) is 6.27. The van der Waals surface area contributed by atoms with E-state index in [1.165, 1.54) is 0 Å². The molecule has 0 N–H and O–H groups in total. The van der Waals surface area contributed by atoms with Crippen molar-refractivity contribution in [2.75, 3.05) is 40.3 Å². The zero-order valence-corrected chi connectivity index (χ0v) is 11.1. The molecular weight excluding hydrogens is 202 g/mol. The SMILES string of the molecule is CCN=C(N(C)C)N1CCC(OCC)CC1. The van der Waals surface area contributed by atoms with Crippen molar-refractivity contribution in [1.82, 2.24) is 9.80 Å². The van der Waals surface area contributed by atoms with Crippen LogP contribution in [0.1, 0.15) is 26.7 Å². The normalized spacial score (nSPS) is 19.0. The number of aliphatic imine (C=N–C) groups is 1. The van der Waals surface area contributed by atoms with Gasteiger partial charge in [-0.15, -0.1) is 0 Å². The molecule has 1 saturated heterocycles. The Hall–Kier alpha value is -0.770. The molecule has 0 bridgehead atoms. The highest BCUT2D eigenvalue weighted by Gasteiger charge is 2.22. The van der Waals surface area contributed by atoms with Crippen LogP contribution in [0.15, 0.2) is 4.99 Å². The summed E-state index contributed by atoms with van der Waals surface area (Å²) < 4.78 is 5.65. The number of piperidine rings is 1. The van der Waals surface area contributed by atoms with Gasteiger partial charge in [-0.3, -0.25) is 4.99 Å². The lowest BCUT2D eigenvalue weighted by Crippen LogP contribution is -2.46. The van der Waals surface area contributed by atoms with Crippen molar-refractivity contribution in [2.24, 2.45) is 4.99 Å². The first-order valence-corrected chi connectivity index (χ1v) is 6.27. The highest BCUT2D eigenvalue weighted by Crippen LogP contribution is 2.14. The highest BCUT2D eigenvalue weighted by atomic mass is 16.5. The second kappa shape index (κ2) is 6.74. The minimum Gasteiger partial charge on any atom is -0.378 e. The molecule has 0 amide bonds. The largest absolute Gasteiger partial charge is 0.378 e. The van der Waals surface area contributed by atoms with Crippen LogP contribution in [0.25, 0.3) is 0 Å². The molecule has 16 heavy (non-hydrogen) atoms. The molecule has 0 radical (unpaired) electrons. The van der Waals surface area contributed by atoms with E-state index >= 15 is 0 Å². The van der Waals surface area contributed by atoms with E-state index in [1.54, 1.807) is 0 Å². The van der Waals surface area contributed by atoms with Gasteiger partial charge in [0.1, 0.15) is 0 Å². The molecule has 0 atom stereocenters. The number of ether oxygens (including phenoxy) is 1. The molecular formula is C12H25N3O. The first-order chi connectivity index (χ1) is 7.69. The minimum atomic E-state index is 0.450. The Bertz CT molecular complexity index is 220. The van der Waals surface area contributed by atoms with Gasteiger partial charge in [0.2, 0.25) is 0 Å². The fraction of sp³-hybridized carbons (Fsp3) is 0.917. The molecule has 0 saturated carbocycles. The number of hydrogen-bond acceptors (Lipinski definition) is 2. The second-order valence-corrected chi connectivity index (χ2v) is 4.31. The minimum absolute atomic E-state index is 0.450. The smallest absolute Gasteiger partial charge is 0.196 e. The van der Waals surface area contributed by atoms with E-state index in [9.17, 15) is 0 Å². The molecule has 0 aliphatic carbocycles. The van der Waals surface area contributed by atoms with Crippen molar-refractivity contribution >= 4 is 5.96 Å². The Labute approximate surface area is 99.3 Å². The lowest BCUT2D eigenvalue weighted by Gasteiger charge is -2.36. The standard InChI is InChI=1S/C12H25N3O/c1-5-13-12(14(3)4)15-9-7-11(8-10-15)16-6-2/h11H,5-10H2,1-4H3. The molecule has 0 aromatic heterocycles. The molecule has 1 aliphatic heterocycles. The van der Waals surface area contributed by atoms with Gasteiger partial charge in [0.15, 0.2) is 5.96 Å². The molecule has 1 rings (SSSR count). The van der Waals surface area contributed by atoms with Crippen molar-refractivity contribution in [3.05, 3.63) is 0 Å². The number of guanidine groups is 1. The monoisotopic (exact) mass is 227 g/mol. The molecule has 1 fully saturated rings. The summed E-state index contributed by atoms with van der Waals surface area (Å²) >= 11 is 0. The number of rotatable bonds is 3. The Morgan fingerprint density at radius 3 is 2.38 bits per heavy atom. The molecule has 1 aliphatic rings. The maximum atomic E-state index is 5.65. The van der Waals surface area contributed by atoms with Gasteiger partial charge in [0.05, 0.1) is 6.10 Å². The van der Waals surface area contributed by atoms with Gasteiger partial charge in [-0.05, 0) is 26.7 Å². The van der Waals surface area contributed by atoms with Crippen molar-refractivity contribution < 1.29 is 4.74 Å². The number of hydrogen-bond donors (Lipinski definition) is 0. The van der Waals surface area contributed by atoms with Crippen LogP contribution in [0.5, 0.6) is 0 Å². The van der Waals surface area contributed by atoms with Crippen molar-refractivity contribution in [3.63, 3.8) is 0 Å². The van der Waals surface area contributed by atoms with Crippen molar-refractivity contribution in [2.45, 2.75) is 32.8 Å². The average molecular weight is 227 g/mol. The summed E-state index contributed by atoms with van der Waals surface area (Å²) in [4.78, 5) is 9.01. The third-order valence-corrected chi connectivity index (χ3v) is 2.83. The van der Waals surface area contributed by atoms with Crippen molar-refractivity contribution in [1.29, 1.82) is 0 Å². The van der Waals surface area contributed by atoms with E-state index in [2.05, 4.69) is 42.7 Å². The summed E-state index contributed by atoms with van der Waals surface area (Å²) in [5.41, 5.74) is 0. The summed E-state index contributed by atoms with van der Waals surface area (Å²) in [6, 6.07) is 0. The highest BCUT2D eigenvalue weighted by molar-refractivity contribution is 5.79. The maximum Gasteiger partial charge on any atom is 0.196 e. The van der Waals surface area contributed by atoms with Crippen LogP contribution >= 0.6 is 0 Å². The van der Waals surface area contributed by atoms with Gasteiger partial charge in [0, 0.05) is 40.3 Å². The van der Waals surface area contributed by atoms with Crippen LogP contribution in [0.3, 0.4) is 0 Å². The Balaban J connectivity index is 2.48. The zero-order valence-electron chi connectivity index (χ0n) is 11.1.